The SMILES string of the molecule is COCCN(C(=O)CNC(=O)c1ccco1)[C@@H](C(=O)NC1CCCC1)c1ccccc1. The quantitative estimate of drug-likeness (QED) is 0.606. The summed E-state index contributed by atoms with van der Waals surface area (Å²) in [6.07, 6.45) is 5.45. The lowest BCUT2D eigenvalue weighted by Crippen LogP contribution is -2.49. The number of ether oxygens (including phenoxy) is 1. The van der Waals surface area contributed by atoms with Gasteiger partial charge >= 0.3 is 0 Å². The molecule has 1 atom stereocenters. The number of hydrogen-bond donors (Lipinski definition) is 2. The summed E-state index contributed by atoms with van der Waals surface area (Å²) in [4.78, 5) is 40.0. The van der Waals surface area contributed by atoms with E-state index >= 15 is 0 Å². The van der Waals surface area contributed by atoms with Crippen LogP contribution < -0.4 is 10.6 Å². The molecular formula is C23H29N3O5. The molecule has 2 aromatic rings. The van der Waals surface area contributed by atoms with Crippen molar-refractivity contribution in [2.75, 3.05) is 26.8 Å². The molecule has 1 aromatic heterocycles. The third-order valence-electron chi connectivity index (χ3n) is 5.38. The fraction of sp³-hybridized carbons (Fsp3) is 0.435. The predicted molar refractivity (Wildman–Crippen MR) is 114 cm³/mol. The molecule has 8 nitrogen and oxygen atoms in total. The Morgan fingerprint density at radius 3 is 2.52 bits per heavy atom. The van der Waals surface area contributed by atoms with Gasteiger partial charge in [-0.25, -0.2) is 0 Å². The van der Waals surface area contributed by atoms with Crippen LogP contribution in [0.25, 0.3) is 0 Å². The van der Waals surface area contributed by atoms with Crippen LogP contribution in [0.2, 0.25) is 0 Å². The van der Waals surface area contributed by atoms with Crippen molar-refractivity contribution in [2.45, 2.75) is 37.8 Å². The van der Waals surface area contributed by atoms with Crippen LogP contribution in [0.15, 0.2) is 53.1 Å². The van der Waals surface area contributed by atoms with Crippen LogP contribution >= 0.6 is 0 Å². The van der Waals surface area contributed by atoms with Crippen LogP contribution in [0.3, 0.4) is 0 Å². The van der Waals surface area contributed by atoms with Crippen LogP contribution in [-0.4, -0.2) is 55.5 Å². The molecule has 8 heteroatoms. The highest BCUT2D eigenvalue weighted by Crippen LogP contribution is 2.24. The van der Waals surface area contributed by atoms with E-state index in [-0.39, 0.29) is 43.3 Å². The van der Waals surface area contributed by atoms with Gasteiger partial charge in [0.05, 0.1) is 19.4 Å². The van der Waals surface area contributed by atoms with Crippen molar-refractivity contribution in [1.29, 1.82) is 0 Å². The molecule has 0 radical (unpaired) electrons. The zero-order chi connectivity index (χ0) is 22.1. The highest BCUT2D eigenvalue weighted by Gasteiger charge is 2.33. The maximum atomic E-state index is 13.3. The number of rotatable bonds is 10. The lowest BCUT2D eigenvalue weighted by Gasteiger charge is -2.32. The first-order valence-corrected chi connectivity index (χ1v) is 10.6. The number of nitrogens with one attached hydrogen (secondary N) is 2. The summed E-state index contributed by atoms with van der Waals surface area (Å²) >= 11 is 0. The van der Waals surface area contributed by atoms with Crippen LogP contribution in [0.4, 0.5) is 0 Å². The molecule has 1 aliphatic carbocycles. The Morgan fingerprint density at radius 2 is 1.87 bits per heavy atom. The summed E-state index contributed by atoms with van der Waals surface area (Å²) in [6, 6.07) is 11.6. The average Bonchev–Trinajstić information content (AvgIpc) is 3.49. The number of carbonyl (C=O) groups excluding carboxylic acids is 3. The van der Waals surface area contributed by atoms with Gasteiger partial charge in [-0.2, -0.15) is 0 Å². The average molecular weight is 428 g/mol. The second-order valence-electron chi connectivity index (χ2n) is 7.54. The topological polar surface area (TPSA) is 101 Å². The number of methoxy groups -OCH3 is 1. The van der Waals surface area contributed by atoms with Crippen LogP contribution in [0.5, 0.6) is 0 Å². The Labute approximate surface area is 181 Å². The van der Waals surface area contributed by atoms with Crippen molar-refractivity contribution in [1.82, 2.24) is 15.5 Å². The molecule has 1 aromatic carbocycles. The molecule has 31 heavy (non-hydrogen) atoms. The number of nitrogens with zero attached hydrogens (tertiary/aromatic N) is 1. The van der Waals surface area contributed by atoms with E-state index < -0.39 is 11.9 Å². The molecule has 3 amide bonds. The van der Waals surface area contributed by atoms with Crippen molar-refractivity contribution in [2.24, 2.45) is 0 Å². The summed E-state index contributed by atoms with van der Waals surface area (Å²) in [5, 5.41) is 5.66. The summed E-state index contributed by atoms with van der Waals surface area (Å²) in [5.41, 5.74) is 0.708. The van der Waals surface area contributed by atoms with E-state index in [1.54, 1.807) is 6.07 Å². The molecule has 166 valence electrons. The monoisotopic (exact) mass is 427 g/mol. The largest absolute Gasteiger partial charge is 0.459 e. The van der Waals surface area contributed by atoms with Crippen LogP contribution in [-0.2, 0) is 14.3 Å². The lowest BCUT2D eigenvalue weighted by molar-refractivity contribution is -0.141. The van der Waals surface area contributed by atoms with E-state index in [0.29, 0.717) is 5.56 Å². The van der Waals surface area contributed by atoms with E-state index in [4.69, 9.17) is 9.15 Å². The Bertz CT molecular complexity index is 847. The third-order valence-corrected chi connectivity index (χ3v) is 5.38. The number of carbonyl (C=O) groups is 3. The number of furan rings is 1. The highest BCUT2D eigenvalue weighted by atomic mass is 16.5. The van der Waals surface area contributed by atoms with Crippen molar-refractivity contribution in [3.8, 4) is 0 Å². The maximum absolute atomic E-state index is 13.3. The van der Waals surface area contributed by atoms with Gasteiger partial charge in [0.2, 0.25) is 11.8 Å². The minimum Gasteiger partial charge on any atom is -0.459 e. The van der Waals surface area contributed by atoms with Crippen molar-refractivity contribution >= 4 is 17.7 Å². The van der Waals surface area contributed by atoms with E-state index in [2.05, 4.69) is 10.6 Å². The molecular weight excluding hydrogens is 398 g/mol. The van der Waals surface area contributed by atoms with Gasteiger partial charge < -0.3 is 24.7 Å². The standard InChI is InChI=1S/C23H29N3O5/c1-30-15-13-26(20(27)16-24-22(28)19-12-7-14-31-19)21(17-8-3-2-4-9-17)23(29)25-18-10-5-6-11-18/h2-4,7-9,12,14,18,21H,5-6,10-11,13,15-16H2,1H3,(H,24,28)(H,25,29)/t21-/m1/s1. The highest BCUT2D eigenvalue weighted by molar-refractivity contribution is 5.95. The normalized spacial score (nSPS) is 14.7. The van der Waals surface area contributed by atoms with Crippen LogP contribution in [0, 0.1) is 0 Å². The lowest BCUT2D eigenvalue weighted by atomic mass is 10.0. The molecule has 1 aliphatic rings. The fourth-order valence-corrected chi connectivity index (χ4v) is 3.80. The molecule has 0 unspecified atom stereocenters. The first-order chi connectivity index (χ1) is 15.1. The Hall–Kier alpha value is -3.13. The molecule has 1 fully saturated rings. The molecule has 0 aliphatic heterocycles. The fourth-order valence-electron chi connectivity index (χ4n) is 3.80. The summed E-state index contributed by atoms with van der Waals surface area (Å²) < 4.78 is 10.2. The molecule has 1 heterocycles. The first-order valence-electron chi connectivity index (χ1n) is 10.6. The van der Waals surface area contributed by atoms with Gasteiger partial charge in [-0.3, -0.25) is 14.4 Å². The van der Waals surface area contributed by atoms with E-state index in [0.717, 1.165) is 25.7 Å². The second kappa shape index (κ2) is 11.3. The molecule has 2 N–H and O–H groups in total. The smallest absolute Gasteiger partial charge is 0.287 e. The zero-order valence-electron chi connectivity index (χ0n) is 17.7. The Balaban J connectivity index is 1.78. The van der Waals surface area contributed by atoms with E-state index in [1.165, 1.54) is 24.3 Å². The number of hydrogen-bond acceptors (Lipinski definition) is 5. The molecule has 3 rings (SSSR count). The van der Waals surface area contributed by atoms with Gasteiger partial charge in [0, 0.05) is 19.7 Å². The maximum Gasteiger partial charge on any atom is 0.287 e. The number of benzene rings is 1. The molecule has 0 spiro atoms. The number of amides is 3. The summed E-state index contributed by atoms with van der Waals surface area (Å²) in [7, 11) is 1.54. The first kappa shape index (κ1) is 22.6. The van der Waals surface area contributed by atoms with Crippen molar-refractivity contribution in [3.63, 3.8) is 0 Å². The van der Waals surface area contributed by atoms with E-state index in [9.17, 15) is 14.4 Å². The third kappa shape index (κ3) is 6.18. The minimum atomic E-state index is -0.815. The Kier molecular flexibility index (Phi) is 8.23. The van der Waals surface area contributed by atoms with Crippen molar-refractivity contribution in [3.05, 3.63) is 60.1 Å². The van der Waals surface area contributed by atoms with Gasteiger partial charge in [0.25, 0.3) is 5.91 Å². The molecule has 1 saturated carbocycles. The minimum absolute atomic E-state index is 0.120. The predicted octanol–water partition coefficient (Wildman–Crippen LogP) is 2.28. The van der Waals surface area contributed by atoms with Crippen LogP contribution in [0.1, 0.15) is 47.8 Å². The van der Waals surface area contributed by atoms with Gasteiger partial charge in [0.15, 0.2) is 5.76 Å². The van der Waals surface area contributed by atoms with Gasteiger partial charge in [0.1, 0.15) is 6.04 Å². The van der Waals surface area contributed by atoms with Gasteiger partial charge in [-0.15, -0.1) is 0 Å². The second-order valence-corrected chi connectivity index (χ2v) is 7.54. The Morgan fingerprint density at radius 1 is 1.13 bits per heavy atom. The zero-order valence-corrected chi connectivity index (χ0v) is 17.7. The van der Waals surface area contributed by atoms with Crippen molar-refractivity contribution < 1.29 is 23.5 Å². The van der Waals surface area contributed by atoms with Gasteiger partial charge in [-0.05, 0) is 30.5 Å². The summed E-state index contributed by atoms with van der Waals surface area (Å²) in [6.45, 7) is 0.213. The summed E-state index contributed by atoms with van der Waals surface area (Å²) in [5.74, 6) is -0.973. The van der Waals surface area contributed by atoms with Gasteiger partial charge in [-0.1, -0.05) is 43.2 Å². The molecule has 0 saturated heterocycles. The van der Waals surface area contributed by atoms with E-state index in [1.807, 2.05) is 30.3 Å². The molecule has 0 bridgehead atoms.